The Morgan fingerprint density at radius 1 is 0.871 bits per heavy atom. The molecule has 1 aromatic heterocycles. The van der Waals surface area contributed by atoms with Crippen molar-refractivity contribution in [2.24, 2.45) is 0 Å². The number of hydrogen-bond acceptors (Lipinski definition) is 3. The summed E-state index contributed by atoms with van der Waals surface area (Å²) in [6, 6.07) is 27.3. The van der Waals surface area contributed by atoms with Gasteiger partial charge in [0.2, 0.25) is 0 Å². The second-order valence-electron chi connectivity index (χ2n) is 8.80. The van der Waals surface area contributed by atoms with Gasteiger partial charge in [0.25, 0.3) is 0 Å². The van der Waals surface area contributed by atoms with Crippen LogP contribution in [0.4, 0.5) is 5.69 Å². The van der Waals surface area contributed by atoms with Crippen LogP contribution in [-0.4, -0.2) is 35.1 Å². The van der Waals surface area contributed by atoms with E-state index in [1.807, 2.05) is 12.3 Å². The van der Waals surface area contributed by atoms with Crippen molar-refractivity contribution >= 4 is 32.9 Å². The predicted molar refractivity (Wildman–Crippen MR) is 130 cm³/mol. The summed E-state index contributed by atoms with van der Waals surface area (Å²) in [5.74, 6) is 0. The molecular formula is C28H27N3. The highest BCUT2D eigenvalue weighted by Gasteiger charge is 2.36. The summed E-state index contributed by atoms with van der Waals surface area (Å²) in [5, 5.41) is 7.49. The lowest BCUT2D eigenvalue weighted by Crippen LogP contribution is -2.41. The molecule has 2 aliphatic heterocycles. The van der Waals surface area contributed by atoms with Gasteiger partial charge >= 0.3 is 0 Å². The summed E-state index contributed by atoms with van der Waals surface area (Å²) < 4.78 is 0. The topological polar surface area (TPSA) is 28.2 Å². The lowest BCUT2D eigenvalue weighted by atomic mass is 9.93. The first-order chi connectivity index (χ1) is 15.3. The van der Waals surface area contributed by atoms with E-state index in [0.717, 1.165) is 30.7 Å². The van der Waals surface area contributed by atoms with Crippen LogP contribution < -0.4 is 5.32 Å². The van der Waals surface area contributed by atoms with Gasteiger partial charge in [0.05, 0.1) is 11.2 Å². The molecule has 6 rings (SSSR count). The third kappa shape index (κ3) is 3.49. The van der Waals surface area contributed by atoms with E-state index >= 15 is 0 Å². The van der Waals surface area contributed by atoms with Gasteiger partial charge in [-0.3, -0.25) is 9.88 Å². The number of hydrogen-bond donors (Lipinski definition) is 1. The average Bonchev–Trinajstić information content (AvgIpc) is 3.05. The molecule has 31 heavy (non-hydrogen) atoms. The number of para-hydroxylation sites is 1. The Kier molecular flexibility index (Phi) is 4.69. The van der Waals surface area contributed by atoms with Gasteiger partial charge < -0.3 is 5.32 Å². The molecular weight excluding hydrogens is 378 g/mol. The minimum atomic E-state index is 0.563. The maximum atomic E-state index is 4.57. The molecule has 0 aliphatic carbocycles. The van der Waals surface area contributed by atoms with Crippen LogP contribution in [0.2, 0.25) is 0 Å². The zero-order valence-electron chi connectivity index (χ0n) is 17.7. The van der Waals surface area contributed by atoms with Crippen LogP contribution in [0.25, 0.3) is 27.2 Å². The normalized spacial score (nSPS) is 20.8. The summed E-state index contributed by atoms with van der Waals surface area (Å²) in [5.41, 5.74) is 5.12. The van der Waals surface area contributed by atoms with Crippen molar-refractivity contribution < 1.29 is 0 Å². The number of fused-ring (bicyclic) bond motifs is 4. The van der Waals surface area contributed by atoms with Crippen LogP contribution >= 0.6 is 0 Å². The quantitative estimate of drug-likeness (QED) is 0.433. The number of aromatic nitrogens is 1. The molecule has 1 saturated heterocycles. The monoisotopic (exact) mass is 405 g/mol. The van der Waals surface area contributed by atoms with Crippen LogP contribution in [-0.2, 0) is 0 Å². The van der Waals surface area contributed by atoms with Crippen LogP contribution in [0.5, 0.6) is 0 Å². The molecule has 2 unspecified atom stereocenters. The van der Waals surface area contributed by atoms with Crippen molar-refractivity contribution in [2.45, 2.75) is 31.3 Å². The highest BCUT2D eigenvalue weighted by Crippen LogP contribution is 2.39. The van der Waals surface area contributed by atoms with E-state index in [1.54, 1.807) is 0 Å². The Morgan fingerprint density at radius 2 is 1.74 bits per heavy atom. The van der Waals surface area contributed by atoms with E-state index < -0.39 is 0 Å². The Morgan fingerprint density at radius 3 is 2.68 bits per heavy atom. The first-order valence-electron chi connectivity index (χ1n) is 11.4. The van der Waals surface area contributed by atoms with Crippen LogP contribution in [0.1, 0.15) is 24.8 Å². The Labute approximate surface area is 183 Å². The number of pyridine rings is 1. The van der Waals surface area contributed by atoms with Gasteiger partial charge in [-0.25, -0.2) is 0 Å². The fourth-order valence-electron chi connectivity index (χ4n) is 5.44. The average molecular weight is 406 g/mol. The molecule has 0 radical (unpaired) electrons. The first-order valence-corrected chi connectivity index (χ1v) is 11.4. The van der Waals surface area contributed by atoms with Crippen LogP contribution in [0.3, 0.4) is 0 Å². The smallest absolute Gasteiger partial charge is 0.0933 e. The summed E-state index contributed by atoms with van der Waals surface area (Å²) >= 11 is 0. The van der Waals surface area contributed by atoms with Crippen molar-refractivity contribution in [1.29, 1.82) is 0 Å². The maximum absolute atomic E-state index is 4.57. The molecule has 1 fully saturated rings. The molecule has 0 spiro atoms. The number of nitrogens with one attached hydrogen (secondary N) is 1. The highest BCUT2D eigenvalue weighted by molar-refractivity contribution is 5.90. The summed E-state index contributed by atoms with van der Waals surface area (Å²) in [6.45, 7) is 2.02. The fourth-order valence-corrected chi connectivity index (χ4v) is 5.44. The van der Waals surface area contributed by atoms with Gasteiger partial charge in [-0.1, -0.05) is 60.7 Å². The van der Waals surface area contributed by atoms with Gasteiger partial charge in [0.1, 0.15) is 0 Å². The predicted octanol–water partition coefficient (Wildman–Crippen LogP) is 6.12. The summed E-state index contributed by atoms with van der Waals surface area (Å²) in [7, 11) is 0. The largest absolute Gasteiger partial charge is 0.382 e. The van der Waals surface area contributed by atoms with Gasteiger partial charge in [-0.05, 0) is 59.4 Å². The van der Waals surface area contributed by atoms with E-state index in [4.69, 9.17) is 0 Å². The Hall–Kier alpha value is -3.17. The van der Waals surface area contributed by atoms with Crippen molar-refractivity contribution in [3.8, 4) is 0 Å². The molecule has 0 saturated carbocycles. The number of rotatable bonds is 5. The fraction of sp³-hybridized carbons (Fsp3) is 0.250. The first kappa shape index (κ1) is 18.6. The van der Waals surface area contributed by atoms with Gasteiger partial charge in [0, 0.05) is 36.8 Å². The molecule has 2 atom stereocenters. The molecule has 1 N–H and O–H groups in total. The standard InChI is InChI=1S/C28H27N3/c1-2-6-22-17-23(11-10-20(22)5-1)24-18-25-12-13-26(19-24)31(25)16-15-29-27-9-3-7-21-8-4-14-30-28(21)27/h1-11,14,17-18,25-26,29H,12-13,15-16,19H2. The van der Waals surface area contributed by atoms with Crippen molar-refractivity contribution in [1.82, 2.24) is 9.88 Å². The Balaban J connectivity index is 1.17. The zero-order chi connectivity index (χ0) is 20.6. The number of benzene rings is 3. The van der Waals surface area contributed by atoms with Crippen molar-refractivity contribution in [3.63, 3.8) is 0 Å². The molecule has 2 aliphatic rings. The van der Waals surface area contributed by atoms with E-state index in [1.165, 1.54) is 40.1 Å². The number of anilines is 1. The van der Waals surface area contributed by atoms with E-state index in [0.29, 0.717) is 12.1 Å². The van der Waals surface area contributed by atoms with Crippen LogP contribution in [0.15, 0.2) is 85.1 Å². The maximum Gasteiger partial charge on any atom is 0.0933 e. The molecule has 3 heteroatoms. The molecule has 4 aromatic rings. The number of nitrogens with zero attached hydrogens (tertiary/aromatic N) is 2. The summed E-state index contributed by atoms with van der Waals surface area (Å²) in [4.78, 5) is 7.27. The molecule has 3 heterocycles. The lowest BCUT2D eigenvalue weighted by Gasteiger charge is -2.34. The molecule has 154 valence electrons. The molecule has 3 nitrogen and oxygen atoms in total. The van der Waals surface area contributed by atoms with Gasteiger partial charge in [0.15, 0.2) is 0 Å². The third-order valence-electron chi connectivity index (χ3n) is 6.98. The van der Waals surface area contributed by atoms with E-state index in [-0.39, 0.29) is 0 Å². The second kappa shape index (κ2) is 7.82. The zero-order valence-corrected chi connectivity index (χ0v) is 17.7. The van der Waals surface area contributed by atoms with E-state index in [9.17, 15) is 0 Å². The minimum absolute atomic E-state index is 0.563. The Bertz CT molecular complexity index is 1270. The summed E-state index contributed by atoms with van der Waals surface area (Å²) in [6.07, 6.45) is 8.14. The van der Waals surface area contributed by atoms with E-state index in [2.05, 4.69) is 88.0 Å². The van der Waals surface area contributed by atoms with Crippen molar-refractivity contribution in [3.05, 3.63) is 90.6 Å². The molecule has 3 aromatic carbocycles. The third-order valence-corrected chi connectivity index (χ3v) is 6.98. The van der Waals surface area contributed by atoms with Crippen molar-refractivity contribution in [2.75, 3.05) is 18.4 Å². The minimum Gasteiger partial charge on any atom is -0.382 e. The van der Waals surface area contributed by atoms with Gasteiger partial charge in [-0.2, -0.15) is 0 Å². The molecule has 0 amide bonds. The highest BCUT2D eigenvalue weighted by atomic mass is 15.2. The lowest BCUT2D eigenvalue weighted by molar-refractivity contribution is 0.221. The molecule has 2 bridgehead atoms. The SMILES string of the molecule is C1=C(c2ccc3ccccc3c2)CC2CCC1N2CCNc1cccc2cccnc12. The van der Waals surface area contributed by atoms with Gasteiger partial charge in [-0.15, -0.1) is 0 Å². The van der Waals surface area contributed by atoms with Crippen LogP contribution in [0, 0.1) is 0 Å². The second-order valence-corrected chi connectivity index (χ2v) is 8.80.